The van der Waals surface area contributed by atoms with Crippen LogP contribution in [-0.4, -0.2) is 10.9 Å². The van der Waals surface area contributed by atoms with E-state index in [1.807, 2.05) is 32.9 Å². The monoisotopic (exact) mass is 318 g/mol. The molecule has 3 nitrogen and oxygen atoms in total. The molecule has 1 N–H and O–H groups in total. The first-order valence-corrected chi connectivity index (χ1v) is 6.77. The van der Waals surface area contributed by atoms with E-state index in [0.717, 1.165) is 21.2 Å². The molecule has 0 saturated heterocycles. The van der Waals surface area contributed by atoms with Gasteiger partial charge in [-0.1, -0.05) is 15.9 Å². The Kier molecular flexibility index (Phi) is 4.00. The molecule has 1 aromatic carbocycles. The summed E-state index contributed by atoms with van der Waals surface area (Å²) in [7, 11) is 0. The first-order valence-electron chi connectivity index (χ1n) is 5.98. The molecule has 1 amide bonds. The average molecular weight is 319 g/mol. The van der Waals surface area contributed by atoms with Crippen LogP contribution in [0.4, 0.5) is 5.69 Å². The highest BCUT2D eigenvalue weighted by Gasteiger charge is 2.14. The lowest BCUT2D eigenvalue weighted by Crippen LogP contribution is -2.14. The third kappa shape index (κ3) is 2.84. The number of carbonyl (C=O) groups excluding carboxylic acids is 1. The molecule has 0 aliphatic heterocycles. The lowest BCUT2D eigenvalue weighted by Gasteiger charge is -2.13. The van der Waals surface area contributed by atoms with Crippen LogP contribution in [0.3, 0.4) is 0 Å². The number of hydrogen-bond acceptors (Lipinski definition) is 2. The van der Waals surface area contributed by atoms with Crippen LogP contribution in [0.25, 0.3) is 0 Å². The second-order valence-corrected chi connectivity index (χ2v) is 5.33. The van der Waals surface area contributed by atoms with Gasteiger partial charge in [0.05, 0.1) is 11.9 Å². The maximum atomic E-state index is 12.3. The summed E-state index contributed by atoms with van der Waals surface area (Å²) in [6.45, 7) is 6.03. The van der Waals surface area contributed by atoms with Gasteiger partial charge in [0.1, 0.15) is 0 Å². The molecule has 4 heteroatoms. The van der Waals surface area contributed by atoms with Crippen LogP contribution in [0.2, 0.25) is 0 Å². The van der Waals surface area contributed by atoms with Gasteiger partial charge in [-0.15, -0.1) is 0 Å². The third-order valence-corrected chi connectivity index (χ3v) is 4.15. The fraction of sp³-hybridized carbons (Fsp3) is 0.200. The average Bonchev–Trinajstić information content (AvgIpc) is 2.41. The molecule has 0 aliphatic carbocycles. The number of hydrogen-bond donors (Lipinski definition) is 1. The molecule has 0 aliphatic rings. The molecule has 0 saturated carbocycles. The van der Waals surface area contributed by atoms with Gasteiger partial charge in [-0.25, -0.2) is 0 Å². The molecule has 2 aromatic rings. The zero-order valence-electron chi connectivity index (χ0n) is 11.1. The van der Waals surface area contributed by atoms with Gasteiger partial charge in [0.2, 0.25) is 0 Å². The number of nitrogens with zero attached hydrogens (tertiary/aromatic N) is 1. The van der Waals surface area contributed by atoms with Gasteiger partial charge in [-0.2, -0.15) is 0 Å². The van der Waals surface area contributed by atoms with Crippen molar-refractivity contribution < 1.29 is 4.79 Å². The van der Waals surface area contributed by atoms with E-state index >= 15 is 0 Å². The fourth-order valence-corrected chi connectivity index (χ4v) is 2.40. The quantitative estimate of drug-likeness (QED) is 0.908. The predicted octanol–water partition coefficient (Wildman–Crippen LogP) is 4.02. The lowest BCUT2D eigenvalue weighted by atomic mass is 9.98. The van der Waals surface area contributed by atoms with E-state index in [-0.39, 0.29) is 5.91 Å². The first-order chi connectivity index (χ1) is 9.00. The summed E-state index contributed by atoms with van der Waals surface area (Å²) in [5.74, 6) is -0.116. The van der Waals surface area contributed by atoms with E-state index in [4.69, 9.17) is 0 Å². The van der Waals surface area contributed by atoms with Crippen LogP contribution < -0.4 is 5.32 Å². The van der Waals surface area contributed by atoms with Crippen LogP contribution in [0, 0.1) is 20.8 Å². The van der Waals surface area contributed by atoms with Gasteiger partial charge in [-0.3, -0.25) is 9.78 Å². The number of carbonyl (C=O) groups is 1. The van der Waals surface area contributed by atoms with E-state index in [0.29, 0.717) is 11.3 Å². The topological polar surface area (TPSA) is 42.0 Å². The second-order valence-electron chi connectivity index (χ2n) is 4.48. The largest absolute Gasteiger partial charge is 0.321 e. The number of anilines is 1. The van der Waals surface area contributed by atoms with Crippen LogP contribution in [0.15, 0.2) is 35.1 Å². The Balaban J connectivity index is 2.35. The summed E-state index contributed by atoms with van der Waals surface area (Å²) >= 11 is 3.49. The van der Waals surface area contributed by atoms with Crippen molar-refractivity contribution in [2.24, 2.45) is 0 Å². The Morgan fingerprint density at radius 1 is 1.21 bits per heavy atom. The summed E-state index contributed by atoms with van der Waals surface area (Å²) in [6, 6.07) is 5.47. The Bertz CT molecular complexity index is 624. The van der Waals surface area contributed by atoms with Crippen molar-refractivity contribution in [3.05, 3.63) is 57.3 Å². The molecule has 0 atom stereocenters. The van der Waals surface area contributed by atoms with Gasteiger partial charge in [0.25, 0.3) is 5.91 Å². The van der Waals surface area contributed by atoms with Gasteiger partial charge in [0.15, 0.2) is 0 Å². The molecule has 1 aromatic heterocycles. The molecule has 19 heavy (non-hydrogen) atoms. The van der Waals surface area contributed by atoms with Gasteiger partial charge < -0.3 is 5.32 Å². The summed E-state index contributed by atoms with van der Waals surface area (Å²) in [5.41, 5.74) is 4.67. The molecular weight excluding hydrogens is 304 g/mol. The number of amides is 1. The zero-order valence-corrected chi connectivity index (χ0v) is 12.7. The van der Waals surface area contributed by atoms with Crippen molar-refractivity contribution >= 4 is 27.5 Å². The third-order valence-electron chi connectivity index (χ3n) is 3.32. The van der Waals surface area contributed by atoms with Crippen LogP contribution in [-0.2, 0) is 0 Å². The summed E-state index contributed by atoms with van der Waals surface area (Å²) in [6.07, 6.45) is 3.30. The standard InChI is InChI=1S/C15H15BrN2O/c1-9-10(2)13(7-14(16)11(9)3)15(19)18-12-5-4-6-17-8-12/h4-8H,1-3H3,(H,18,19). The van der Waals surface area contributed by atoms with Crippen molar-refractivity contribution in [2.75, 3.05) is 5.32 Å². The van der Waals surface area contributed by atoms with Crippen LogP contribution in [0.1, 0.15) is 27.0 Å². The highest BCUT2D eigenvalue weighted by atomic mass is 79.9. The highest BCUT2D eigenvalue weighted by molar-refractivity contribution is 9.10. The molecule has 0 unspecified atom stereocenters. The number of benzene rings is 1. The Morgan fingerprint density at radius 2 is 1.95 bits per heavy atom. The summed E-state index contributed by atoms with van der Waals surface area (Å²) in [4.78, 5) is 16.3. The van der Waals surface area contributed by atoms with Crippen LogP contribution in [0.5, 0.6) is 0 Å². The maximum Gasteiger partial charge on any atom is 0.256 e. The van der Waals surface area contributed by atoms with Crippen molar-refractivity contribution in [3.8, 4) is 0 Å². The summed E-state index contributed by atoms with van der Waals surface area (Å²) in [5, 5.41) is 2.85. The van der Waals surface area contributed by atoms with Gasteiger partial charge in [-0.05, 0) is 55.7 Å². The first kappa shape index (κ1) is 13.7. The van der Waals surface area contributed by atoms with Crippen molar-refractivity contribution in [2.45, 2.75) is 20.8 Å². The number of aromatic nitrogens is 1. The van der Waals surface area contributed by atoms with Crippen molar-refractivity contribution in [3.63, 3.8) is 0 Å². The molecule has 0 bridgehead atoms. The van der Waals surface area contributed by atoms with E-state index < -0.39 is 0 Å². The van der Waals surface area contributed by atoms with Crippen molar-refractivity contribution in [1.82, 2.24) is 4.98 Å². The number of halogens is 1. The van der Waals surface area contributed by atoms with Gasteiger partial charge >= 0.3 is 0 Å². The number of pyridine rings is 1. The van der Waals surface area contributed by atoms with E-state index in [1.165, 1.54) is 0 Å². The normalized spacial score (nSPS) is 10.3. The maximum absolute atomic E-state index is 12.3. The van der Waals surface area contributed by atoms with E-state index in [1.54, 1.807) is 18.5 Å². The van der Waals surface area contributed by atoms with Crippen molar-refractivity contribution in [1.29, 1.82) is 0 Å². The molecule has 0 radical (unpaired) electrons. The Labute approximate surface area is 121 Å². The van der Waals surface area contributed by atoms with Gasteiger partial charge in [0, 0.05) is 16.2 Å². The Hall–Kier alpha value is -1.68. The number of nitrogens with one attached hydrogen (secondary N) is 1. The lowest BCUT2D eigenvalue weighted by molar-refractivity contribution is 0.102. The minimum Gasteiger partial charge on any atom is -0.321 e. The molecule has 1 heterocycles. The second kappa shape index (κ2) is 5.53. The molecular formula is C15H15BrN2O. The predicted molar refractivity (Wildman–Crippen MR) is 80.5 cm³/mol. The number of rotatable bonds is 2. The smallest absolute Gasteiger partial charge is 0.256 e. The minimum absolute atomic E-state index is 0.116. The zero-order chi connectivity index (χ0) is 14.0. The van der Waals surface area contributed by atoms with E-state index in [2.05, 4.69) is 26.2 Å². The SMILES string of the molecule is Cc1c(Br)cc(C(=O)Nc2cccnc2)c(C)c1C. The highest BCUT2D eigenvalue weighted by Crippen LogP contribution is 2.26. The molecule has 0 spiro atoms. The fourth-order valence-electron chi connectivity index (χ4n) is 1.88. The summed E-state index contributed by atoms with van der Waals surface area (Å²) < 4.78 is 0.951. The minimum atomic E-state index is -0.116. The molecule has 0 fully saturated rings. The Morgan fingerprint density at radius 3 is 2.58 bits per heavy atom. The van der Waals surface area contributed by atoms with Crippen LogP contribution >= 0.6 is 15.9 Å². The van der Waals surface area contributed by atoms with E-state index in [9.17, 15) is 4.79 Å². The molecule has 98 valence electrons. The molecule has 2 rings (SSSR count).